The Morgan fingerprint density at radius 3 is 2.48 bits per heavy atom. The van der Waals surface area contributed by atoms with E-state index in [2.05, 4.69) is 5.32 Å². The molecule has 2 N–H and O–H groups in total. The molecule has 1 heterocycles. The second-order valence-electron chi connectivity index (χ2n) is 5.87. The first-order valence-electron chi connectivity index (χ1n) is 8.53. The molecule has 1 saturated heterocycles. The van der Waals surface area contributed by atoms with E-state index in [0.29, 0.717) is 44.2 Å². The number of ether oxygens (including phenoxy) is 3. The van der Waals surface area contributed by atoms with Crippen LogP contribution in [0.5, 0.6) is 11.5 Å². The molecule has 1 fully saturated rings. The third kappa shape index (κ3) is 5.94. The molecule has 138 valence electrons. The molecule has 0 aromatic heterocycles. The first-order valence-corrected chi connectivity index (χ1v) is 8.53. The van der Waals surface area contributed by atoms with Crippen molar-refractivity contribution in [2.75, 3.05) is 33.0 Å². The van der Waals surface area contributed by atoms with Gasteiger partial charge in [-0.05, 0) is 37.8 Å². The number of benzene rings is 1. The van der Waals surface area contributed by atoms with E-state index in [0.717, 1.165) is 0 Å². The molecule has 7 heteroatoms. The van der Waals surface area contributed by atoms with Crippen molar-refractivity contribution in [3.05, 3.63) is 24.3 Å². The average Bonchev–Trinajstić information content (AvgIpc) is 2.62. The summed E-state index contributed by atoms with van der Waals surface area (Å²) in [5, 5.41) is 12.1. The predicted octanol–water partition coefficient (Wildman–Crippen LogP) is 1.71. The molecule has 25 heavy (non-hydrogen) atoms. The smallest absolute Gasteiger partial charge is 0.308 e. The van der Waals surface area contributed by atoms with Crippen LogP contribution in [0.2, 0.25) is 0 Å². The number of carboxylic acids is 1. The Morgan fingerprint density at radius 2 is 1.88 bits per heavy atom. The van der Waals surface area contributed by atoms with Crippen molar-refractivity contribution in [1.82, 2.24) is 5.32 Å². The van der Waals surface area contributed by atoms with Gasteiger partial charge in [0.15, 0.2) is 18.1 Å². The fraction of sp³-hybridized carbons (Fsp3) is 0.556. The van der Waals surface area contributed by atoms with Gasteiger partial charge in [0.2, 0.25) is 0 Å². The number of hydrogen-bond acceptors (Lipinski definition) is 5. The van der Waals surface area contributed by atoms with Gasteiger partial charge in [-0.1, -0.05) is 12.1 Å². The first-order chi connectivity index (χ1) is 12.1. The molecule has 2 rings (SSSR count). The molecule has 1 amide bonds. The fourth-order valence-corrected chi connectivity index (χ4v) is 2.84. The third-order valence-corrected chi connectivity index (χ3v) is 4.18. The van der Waals surface area contributed by atoms with Gasteiger partial charge in [0.05, 0.1) is 12.5 Å². The summed E-state index contributed by atoms with van der Waals surface area (Å²) >= 11 is 0. The minimum absolute atomic E-state index is 0.0196. The zero-order chi connectivity index (χ0) is 18.1. The summed E-state index contributed by atoms with van der Waals surface area (Å²) in [7, 11) is 0. The van der Waals surface area contributed by atoms with Crippen LogP contribution in [-0.4, -0.2) is 50.0 Å². The first kappa shape index (κ1) is 19.1. The van der Waals surface area contributed by atoms with Crippen LogP contribution in [0.25, 0.3) is 0 Å². The topological polar surface area (TPSA) is 94.1 Å². The number of para-hydroxylation sites is 2. The van der Waals surface area contributed by atoms with E-state index in [9.17, 15) is 14.7 Å². The average molecular weight is 351 g/mol. The van der Waals surface area contributed by atoms with Crippen LogP contribution in [0, 0.1) is 11.8 Å². The van der Waals surface area contributed by atoms with Crippen LogP contribution in [0.3, 0.4) is 0 Å². The second-order valence-corrected chi connectivity index (χ2v) is 5.87. The molecule has 7 nitrogen and oxygen atoms in total. The van der Waals surface area contributed by atoms with Crippen molar-refractivity contribution in [2.24, 2.45) is 11.8 Å². The van der Waals surface area contributed by atoms with Gasteiger partial charge in [0.25, 0.3) is 5.91 Å². The quantitative estimate of drug-likeness (QED) is 0.703. The summed E-state index contributed by atoms with van der Waals surface area (Å²) in [6.45, 7) is 3.41. The zero-order valence-electron chi connectivity index (χ0n) is 14.4. The van der Waals surface area contributed by atoms with Crippen molar-refractivity contribution < 1.29 is 28.9 Å². The molecule has 1 aliphatic heterocycles. The molecule has 0 saturated carbocycles. The van der Waals surface area contributed by atoms with Gasteiger partial charge in [0, 0.05) is 19.8 Å². The van der Waals surface area contributed by atoms with Crippen LogP contribution in [0.15, 0.2) is 24.3 Å². The zero-order valence-corrected chi connectivity index (χ0v) is 14.4. The molecule has 1 unspecified atom stereocenters. The summed E-state index contributed by atoms with van der Waals surface area (Å²) < 4.78 is 16.2. The molecule has 0 spiro atoms. The van der Waals surface area contributed by atoms with Gasteiger partial charge in [-0.25, -0.2) is 0 Å². The molecular formula is C18H25NO6. The Kier molecular flexibility index (Phi) is 7.53. The van der Waals surface area contributed by atoms with Crippen LogP contribution < -0.4 is 14.8 Å². The summed E-state index contributed by atoms with van der Waals surface area (Å²) in [6.07, 6.45) is 1.40. The number of carbonyl (C=O) groups excluding carboxylic acids is 1. The Labute approximate surface area is 147 Å². The van der Waals surface area contributed by atoms with E-state index < -0.39 is 11.9 Å². The SMILES string of the molecule is CCOc1ccccc1OCC(=O)NCC(C(=O)O)C1CCOCC1. The maximum absolute atomic E-state index is 12.0. The lowest BCUT2D eigenvalue weighted by Crippen LogP contribution is -2.40. The molecule has 1 aromatic rings. The normalized spacial score (nSPS) is 16.0. The highest BCUT2D eigenvalue weighted by atomic mass is 16.5. The highest BCUT2D eigenvalue weighted by Gasteiger charge is 2.30. The van der Waals surface area contributed by atoms with E-state index in [4.69, 9.17) is 14.2 Å². The number of aliphatic carboxylic acids is 1. The predicted molar refractivity (Wildman–Crippen MR) is 90.8 cm³/mol. The Hall–Kier alpha value is -2.28. The highest BCUT2D eigenvalue weighted by Crippen LogP contribution is 2.26. The minimum Gasteiger partial charge on any atom is -0.490 e. The molecule has 1 aromatic carbocycles. The standard InChI is InChI=1S/C18H25NO6/c1-2-24-15-5-3-4-6-16(15)25-12-17(20)19-11-14(18(21)22)13-7-9-23-10-8-13/h3-6,13-14H,2,7-12H2,1H3,(H,19,20)(H,21,22). The molecule has 0 aliphatic carbocycles. The Morgan fingerprint density at radius 1 is 1.24 bits per heavy atom. The van der Waals surface area contributed by atoms with Crippen molar-refractivity contribution in [3.63, 3.8) is 0 Å². The molecular weight excluding hydrogens is 326 g/mol. The number of amides is 1. The molecule has 1 aliphatic rings. The maximum Gasteiger partial charge on any atom is 0.308 e. The van der Waals surface area contributed by atoms with Gasteiger partial charge in [-0.2, -0.15) is 0 Å². The van der Waals surface area contributed by atoms with E-state index in [1.807, 2.05) is 13.0 Å². The third-order valence-electron chi connectivity index (χ3n) is 4.18. The van der Waals surface area contributed by atoms with Crippen molar-refractivity contribution >= 4 is 11.9 Å². The van der Waals surface area contributed by atoms with Crippen molar-refractivity contribution in [2.45, 2.75) is 19.8 Å². The number of carbonyl (C=O) groups is 2. The van der Waals surface area contributed by atoms with Gasteiger partial charge in [-0.15, -0.1) is 0 Å². The monoisotopic (exact) mass is 351 g/mol. The van der Waals surface area contributed by atoms with Gasteiger partial charge in [0.1, 0.15) is 0 Å². The lowest BCUT2D eigenvalue weighted by atomic mass is 9.86. The molecule has 0 radical (unpaired) electrons. The van der Waals surface area contributed by atoms with E-state index in [-0.39, 0.29) is 25.0 Å². The lowest BCUT2D eigenvalue weighted by Gasteiger charge is -2.27. The highest BCUT2D eigenvalue weighted by molar-refractivity contribution is 5.78. The van der Waals surface area contributed by atoms with Crippen LogP contribution in [-0.2, 0) is 14.3 Å². The van der Waals surface area contributed by atoms with Crippen LogP contribution in [0.4, 0.5) is 0 Å². The summed E-state index contributed by atoms with van der Waals surface area (Å²) in [4.78, 5) is 23.5. The number of nitrogens with one attached hydrogen (secondary N) is 1. The van der Waals surface area contributed by atoms with Crippen molar-refractivity contribution in [3.8, 4) is 11.5 Å². The summed E-state index contributed by atoms with van der Waals surface area (Å²) in [5.41, 5.74) is 0. The van der Waals surface area contributed by atoms with Gasteiger partial charge < -0.3 is 24.6 Å². The van der Waals surface area contributed by atoms with Crippen LogP contribution >= 0.6 is 0 Å². The van der Waals surface area contributed by atoms with Gasteiger partial charge in [-0.3, -0.25) is 9.59 Å². The van der Waals surface area contributed by atoms with E-state index in [1.54, 1.807) is 18.2 Å². The van der Waals surface area contributed by atoms with E-state index >= 15 is 0 Å². The number of rotatable bonds is 9. The minimum atomic E-state index is -0.894. The largest absolute Gasteiger partial charge is 0.490 e. The summed E-state index contributed by atoms with van der Waals surface area (Å²) in [6, 6.07) is 7.10. The summed E-state index contributed by atoms with van der Waals surface area (Å²) in [5.74, 6) is -0.781. The fourth-order valence-electron chi connectivity index (χ4n) is 2.84. The number of carboxylic acid groups (broad SMARTS) is 1. The van der Waals surface area contributed by atoms with Crippen molar-refractivity contribution in [1.29, 1.82) is 0 Å². The molecule has 1 atom stereocenters. The lowest BCUT2D eigenvalue weighted by molar-refractivity contribution is -0.145. The Balaban J connectivity index is 1.82. The Bertz CT molecular complexity index is 570. The maximum atomic E-state index is 12.0. The number of hydrogen-bond donors (Lipinski definition) is 2. The second kappa shape index (κ2) is 9.88. The van der Waals surface area contributed by atoms with E-state index in [1.165, 1.54) is 0 Å². The van der Waals surface area contributed by atoms with Gasteiger partial charge >= 0.3 is 5.97 Å². The van der Waals surface area contributed by atoms with Crippen LogP contribution in [0.1, 0.15) is 19.8 Å². The molecule has 0 bridgehead atoms.